The third kappa shape index (κ3) is 2.68. The number of carbonyl (C=O) groups is 1. The number of aromatic nitrogens is 5. The Hall–Kier alpha value is -2.87. The number of para-hydroxylation sites is 1. The van der Waals surface area contributed by atoms with E-state index in [-0.39, 0.29) is 17.8 Å². The van der Waals surface area contributed by atoms with Crippen LogP contribution in [-0.4, -0.2) is 41.9 Å². The molecule has 1 aliphatic heterocycles. The molecule has 0 saturated carbocycles. The first-order valence-corrected chi connectivity index (χ1v) is 9.79. The quantitative estimate of drug-likeness (QED) is 0.535. The highest BCUT2D eigenvalue weighted by Gasteiger charge is 2.34. The number of likely N-dealkylation sites (tertiary alicyclic amines) is 1. The molecule has 0 bridgehead atoms. The van der Waals surface area contributed by atoms with Gasteiger partial charge in [-0.25, -0.2) is 14.5 Å². The number of nitrogens with zero attached hydrogens (tertiary/aromatic N) is 6. The summed E-state index contributed by atoms with van der Waals surface area (Å²) in [6.07, 6.45) is 1.87. The van der Waals surface area contributed by atoms with Crippen LogP contribution in [0, 0.1) is 13.8 Å². The molecule has 1 aromatic carbocycles. The Bertz CT molecular complexity index is 1150. The summed E-state index contributed by atoms with van der Waals surface area (Å²) in [7, 11) is 0. The highest BCUT2D eigenvalue weighted by atomic mass is 32.1. The van der Waals surface area contributed by atoms with Crippen LogP contribution in [0.4, 0.5) is 0 Å². The molecule has 4 heterocycles. The topological polar surface area (TPSA) is 76.3 Å². The van der Waals surface area contributed by atoms with E-state index < -0.39 is 0 Å². The normalized spacial score (nSPS) is 17.3. The first kappa shape index (κ1) is 16.3. The molecule has 4 aromatic rings. The molecule has 1 saturated heterocycles. The van der Waals surface area contributed by atoms with Gasteiger partial charge in [0, 0.05) is 17.9 Å². The fourth-order valence-corrected chi connectivity index (χ4v) is 4.80. The van der Waals surface area contributed by atoms with E-state index in [4.69, 9.17) is 4.98 Å². The second-order valence-electron chi connectivity index (χ2n) is 6.86. The molecule has 8 heteroatoms. The summed E-state index contributed by atoms with van der Waals surface area (Å²) in [4.78, 5) is 28.5. The van der Waals surface area contributed by atoms with Crippen molar-refractivity contribution in [1.82, 2.24) is 29.5 Å². The molecular formula is C19H18N6OS. The zero-order valence-corrected chi connectivity index (χ0v) is 15.9. The molecular weight excluding hydrogens is 360 g/mol. The Morgan fingerprint density at radius 1 is 1.19 bits per heavy atom. The minimum Gasteiger partial charge on any atom is -0.326 e. The van der Waals surface area contributed by atoms with Gasteiger partial charge >= 0.3 is 0 Å². The maximum atomic E-state index is 13.1. The average Bonchev–Trinajstić information content (AvgIpc) is 3.37. The second-order valence-corrected chi connectivity index (χ2v) is 7.92. The van der Waals surface area contributed by atoms with E-state index in [2.05, 4.69) is 21.1 Å². The molecule has 27 heavy (non-hydrogen) atoms. The van der Waals surface area contributed by atoms with Crippen LogP contribution in [0.15, 0.2) is 30.3 Å². The number of fused-ring (bicyclic) bond motifs is 2. The number of benzene rings is 1. The summed E-state index contributed by atoms with van der Waals surface area (Å²) in [6.45, 7) is 4.54. The van der Waals surface area contributed by atoms with E-state index in [0.717, 1.165) is 39.5 Å². The first-order valence-electron chi connectivity index (χ1n) is 8.97. The molecule has 0 N–H and O–H groups in total. The monoisotopic (exact) mass is 378 g/mol. The summed E-state index contributed by atoms with van der Waals surface area (Å²) in [5, 5.41) is 5.39. The zero-order valence-electron chi connectivity index (χ0n) is 15.1. The number of amides is 1. The molecule has 0 spiro atoms. The maximum Gasteiger partial charge on any atom is 0.294 e. The number of carbonyl (C=O) groups excluding carboxylic acids is 1. The number of thiazole rings is 1. The van der Waals surface area contributed by atoms with Crippen LogP contribution < -0.4 is 0 Å². The lowest BCUT2D eigenvalue weighted by Gasteiger charge is -2.21. The van der Waals surface area contributed by atoms with Gasteiger partial charge in [-0.1, -0.05) is 12.1 Å². The lowest BCUT2D eigenvalue weighted by atomic mass is 10.2. The van der Waals surface area contributed by atoms with E-state index >= 15 is 0 Å². The van der Waals surface area contributed by atoms with Crippen molar-refractivity contribution in [3.63, 3.8) is 0 Å². The average molecular weight is 378 g/mol. The molecule has 3 aromatic heterocycles. The Morgan fingerprint density at radius 3 is 2.89 bits per heavy atom. The number of hydrogen-bond acceptors (Lipinski definition) is 6. The van der Waals surface area contributed by atoms with Crippen molar-refractivity contribution in [2.75, 3.05) is 6.54 Å². The summed E-state index contributed by atoms with van der Waals surface area (Å²) in [5.41, 5.74) is 2.76. The Balaban J connectivity index is 1.51. The van der Waals surface area contributed by atoms with E-state index in [0.29, 0.717) is 12.3 Å². The SMILES string of the molecule is Cc1cc(C)n2nc(C(=O)N3CCCC3c3nc4ccccc4s3)nc2n1. The molecule has 1 atom stereocenters. The van der Waals surface area contributed by atoms with Crippen LogP contribution in [0.25, 0.3) is 16.0 Å². The Kier molecular flexibility index (Phi) is 3.68. The Morgan fingerprint density at radius 2 is 2.04 bits per heavy atom. The molecule has 1 aliphatic rings. The summed E-state index contributed by atoms with van der Waals surface area (Å²) in [5.74, 6) is 0.509. The standard InChI is InChI=1S/C19H18N6OS/c1-11-10-12(2)25-19(20-11)22-16(23-25)18(26)24-9-5-7-14(24)17-21-13-6-3-4-8-15(13)27-17/h3-4,6,8,10,14H,5,7,9H2,1-2H3. The van der Waals surface area contributed by atoms with Crippen LogP contribution in [0.1, 0.15) is 45.9 Å². The molecule has 7 nitrogen and oxygen atoms in total. The Labute approximate surface area is 159 Å². The third-order valence-electron chi connectivity index (χ3n) is 4.92. The number of hydrogen-bond donors (Lipinski definition) is 0. The van der Waals surface area contributed by atoms with Gasteiger partial charge in [-0.15, -0.1) is 16.4 Å². The predicted octanol–water partition coefficient (Wildman–Crippen LogP) is 3.33. The fraction of sp³-hybridized carbons (Fsp3) is 0.316. The second kappa shape index (κ2) is 6.09. The van der Waals surface area contributed by atoms with Crippen LogP contribution in [0.2, 0.25) is 0 Å². The highest BCUT2D eigenvalue weighted by molar-refractivity contribution is 7.18. The van der Waals surface area contributed by atoms with Crippen molar-refractivity contribution >= 4 is 33.2 Å². The van der Waals surface area contributed by atoms with Crippen LogP contribution in [0.5, 0.6) is 0 Å². The minimum atomic E-state index is -0.153. The van der Waals surface area contributed by atoms with Gasteiger partial charge in [-0.2, -0.15) is 4.98 Å². The zero-order chi connectivity index (χ0) is 18.5. The number of rotatable bonds is 2. The smallest absolute Gasteiger partial charge is 0.294 e. The molecule has 0 radical (unpaired) electrons. The van der Waals surface area contributed by atoms with E-state index in [1.54, 1.807) is 15.9 Å². The van der Waals surface area contributed by atoms with Crippen molar-refractivity contribution in [1.29, 1.82) is 0 Å². The maximum absolute atomic E-state index is 13.1. The van der Waals surface area contributed by atoms with Gasteiger partial charge in [0.05, 0.1) is 16.3 Å². The molecule has 136 valence electrons. The molecule has 1 fully saturated rings. The first-order chi connectivity index (χ1) is 13.1. The van der Waals surface area contributed by atoms with Crippen molar-refractivity contribution in [3.05, 3.63) is 52.6 Å². The van der Waals surface area contributed by atoms with Gasteiger partial charge in [0.2, 0.25) is 5.82 Å². The van der Waals surface area contributed by atoms with Crippen molar-refractivity contribution in [3.8, 4) is 0 Å². The molecule has 1 unspecified atom stereocenters. The van der Waals surface area contributed by atoms with Gasteiger partial charge in [0.25, 0.3) is 11.7 Å². The summed E-state index contributed by atoms with van der Waals surface area (Å²) in [6, 6.07) is 9.99. The lowest BCUT2D eigenvalue weighted by Crippen LogP contribution is -2.31. The van der Waals surface area contributed by atoms with Crippen molar-refractivity contribution in [2.45, 2.75) is 32.7 Å². The highest BCUT2D eigenvalue weighted by Crippen LogP contribution is 2.37. The summed E-state index contributed by atoms with van der Waals surface area (Å²) < 4.78 is 2.77. The minimum absolute atomic E-state index is 0.0164. The number of aryl methyl sites for hydroxylation is 2. The lowest BCUT2D eigenvalue weighted by molar-refractivity contribution is 0.0723. The van der Waals surface area contributed by atoms with Gasteiger partial charge in [-0.05, 0) is 44.9 Å². The molecule has 0 aliphatic carbocycles. The van der Waals surface area contributed by atoms with Gasteiger partial charge in [0.1, 0.15) is 5.01 Å². The van der Waals surface area contributed by atoms with E-state index in [9.17, 15) is 4.79 Å². The summed E-state index contributed by atoms with van der Waals surface area (Å²) >= 11 is 1.66. The largest absolute Gasteiger partial charge is 0.326 e. The van der Waals surface area contributed by atoms with Crippen LogP contribution >= 0.6 is 11.3 Å². The molecule has 1 amide bonds. The van der Waals surface area contributed by atoms with Crippen LogP contribution in [0.3, 0.4) is 0 Å². The van der Waals surface area contributed by atoms with E-state index in [1.165, 1.54) is 0 Å². The van der Waals surface area contributed by atoms with Gasteiger partial charge < -0.3 is 4.90 Å². The third-order valence-corrected chi connectivity index (χ3v) is 6.06. The fourth-order valence-electron chi connectivity index (χ4n) is 3.68. The predicted molar refractivity (Wildman–Crippen MR) is 103 cm³/mol. The molecule has 5 rings (SSSR count). The van der Waals surface area contributed by atoms with Crippen molar-refractivity contribution < 1.29 is 4.79 Å². The van der Waals surface area contributed by atoms with Crippen molar-refractivity contribution in [2.24, 2.45) is 0 Å². The van der Waals surface area contributed by atoms with Gasteiger partial charge in [-0.3, -0.25) is 4.79 Å². The van der Waals surface area contributed by atoms with Gasteiger partial charge in [0.15, 0.2) is 0 Å². The van der Waals surface area contributed by atoms with E-state index in [1.807, 2.05) is 43.0 Å². The van der Waals surface area contributed by atoms with Crippen LogP contribution in [-0.2, 0) is 0 Å².